The van der Waals surface area contributed by atoms with Gasteiger partial charge >= 0.3 is 6.09 Å². The highest BCUT2D eigenvalue weighted by atomic mass is 16.4. The first-order valence-electron chi connectivity index (χ1n) is 3.71. The zero-order valence-electron chi connectivity index (χ0n) is 6.29. The van der Waals surface area contributed by atoms with Crippen LogP contribution in [0.3, 0.4) is 0 Å². The Hall–Kier alpha value is -1.17. The molecule has 3 nitrogen and oxygen atoms in total. The third-order valence-electron chi connectivity index (χ3n) is 1.94. The summed E-state index contributed by atoms with van der Waals surface area (Å²) in [6.07, 6.45) is 7.06. The molecule has 3 heteroatoms. The maximum Gasteiger partial charge on any atom is 0.408 e. The molecule has 1 N–H and O–H groups in total. The minimum Gasteiger partial charge on any atom is -0.465 e. The summed E-state index contributed by atoms with van der Waals surface area (Å²) in [5.74, 6) is 2.48. The van der Waals surface area contributed by atoms with Crippen LogP contribution in [0.25, 0.3) is 0 Å². The van der Waals surface area contributed by atoms with Crippen LogP contribution in [-0.2, 0) is 0 Å². The van der Waals surface area contributed by atoms with E-state index in [0.29, 0.717) is 6.54 Å². The lowest BCUT2D eigenvalue weighted by Gasteiger charge is -2.29. The number of carbonyl (C=O) groups is 1. The highest BCUT2D eigenvalue weighted by Gasteiger charge is 2.23. The van der Waals surface area contributed by atoms with Crippen molar-refractivity contribution in [1.82, 2.24) is 4.90 Å². The third kappa shape index (κ3) is 1.64. The van der Waals surface area contributed by atoms with E-state index >= 15 is 0 Å². The first-order chi connectivity index (χ1) is 5.25. The monoisotopic (exact) mass is 153 g/mol. The molecule has 0 aromatic rings. The first kappa shape index (κ1) is 7.93. The van der Waals surface area contributed by atoms with Crippen molar-refractivity contribution in [1.29, 1.82) is 0 Å². The SMILES string of the molecule is C#C[C@@H]1CCCCN1C(=O)O. The van der Waals surface area contributed by atoms with Crippen molar-refractivity contribution in [2.24, 2.45) is 0 Å². The minimum atomic E-state index is -0.896. The second kappa shape index (κ2) is 3.29. The van der Waals surface area contributed by atoms with Crippen LogP contribution in [0.2, 0.25) is 0 Å². The van der Waals surface area contributed by atoms with E-state index in [1.165, 1.54) is 4.90 Å². The smallest absolute Gasteiger partial charge is 0.408 e. The van der Waals surface area contributed by atoms with E-state index in [1.807, 2.05) is 0 Å². The van der Waals surface area contributed by atoms with Crippen molar-refractivity contribution in [3.05, 3.63) is 0 Å². The molecule has 1 saturated heterocycles. The number of piperidine rings is 1. The Bertz CT molecular complexity index is 195. The molecule has 1 aliphatic heterocycles. The molecule has 0 unspecified atom stereocenters. The Balaban J connectivity index is 2.60. The maximum absolute atomic E-state index is 10.6. The van der Waals surface area contributed by atoms with Crippen LogP contribution in [-0.4, -0.2) is 28.7 Å². The quantitative estimate of drug-likeness (QED) is 0.530. The Labute approximate surface area is 66.0 Å². The van der Waals surface area contributed by atoms with Crippen LogP contribution in [0, 0.1) is 12.3 Å². The summed E-state index contributed by atoms with van der Waals surface area (Å²) in [5, 5.41) is 8.67. The molecule has 0 spiro atoms. The van der Waals surface area contributed by atoms with E-state index in [9.17, 15) is 4.79 Å². The van der Waals surface area contributed by atoms with Crippen LogP contribution < -0.4 is 0 Å². The lowest BCUT2D eigenvalue weighted by atomic mass is 10.0. The number of likely N-dealkylation sites (tertiary alicyclic amines) is 1. The highest BCUT2D eigenvalue weighted by molar-refractivity contribution is 5.66. The van der Waals surface area contributed by atoms with Crippen molar-refractivity contribution >= 4 is 6.09 Å². The molecule has 1 heterocycles. The van der Waals surface area contributed by atoms with Crippen molar-refractivity contribution < 1.29 is 9.90 Å². The molecule has 1 atom stereocenters. The molecular weight excluding hydrogens is 142 g/mol. The summed E-state index contributed by atoms with van der Waals surface area (Å²) >= 11 is 0. The minimum absolute atomic E-state index is 0.193. The van der Waals surface area contributed by atoms with Gasteiger partial charge in [-0.25, -0.2) is 4.79 Å². The second-order valence-electron chi connectivity index (χ2n) is 2.65. The van der Waals surface area contributed by atoms with E-state index < -0.39 is 6.09 Å². The molecule has 1 rings (SSSR count). The van der Waals surface area contributed by atoms with Gasteiger partial charge < -0.3 is 5.11 Å². The fourth-order valence-electron chi connectivity index (χ4n) is 1.33. The Morgan fingerprint density at radius 2 is 2.36 bits per heavy atom. The van der Waals surface area contributed by atoms with Crippen molar-refractivity contribution in [3.63, 3.8) is 0 Å². The van der Waals surface area contributed by atoms with Gasteiger partial charge in [0, 0.05) is 6.54 Å². The zero-order chi connectivity index (χ0) is 8.27. The number of amides is 1. The number of carboxylic acid groups (broad SMARTS) is 1. The van der Waals surface area contributed by atoms with Gasteiger partial charge in [-0.15, -0.1) is 6.42 Å². The number of rotatable bonds is 0. The summed E-state index contributed by atoms with van der Waals surface area (Å²) < 4.78 is 0. The van der Waals surface area contributed by atoms with Crippen LogP contribution in [0.5, 0.6) is 0 Å². The van der Waals surface area contributed by atoms with Gasteiger partial charge in [0.15, 0.2) is 0 Å². The normalized spacial score (nSPS) is 24.3. The van der Waals surface area contributed by atoms with E-state index in [4.69, 9.17) is 11.5 Å². The van der Waals surface area contributed by atoms with Gasteiger partial charge in [-0.2, -0.15) is 0 Å². The Morgan fingerprint density at radius 3 is 2.82 bits per heavy atom. The van der Waals surface area contributed by atoms with Crippen LogP contribution >= 0.6 is 0 Å². The molecule has 0 aliphatic carbocycles. The summed E-state index contributed by atoms with van der Waals surface area (Å²) in [5.41, 5.74) is 0. The van der Waals surface area contributed by atoms with E-state index in [1.54, 1.807) is 0 Å². The lowest BCUT2D eigenvalue weighted by molar-refractivity contribution is 0.122. The van der Waals surface area contributed by atoms with Crippen molar-refractivity contribution in [3.8, 4) is 12.3 Å². The zero-order valence-corrected chi connectivity index (χ0v) is 6.29. The third-order valence-corrected chi connectivity index (χ3v) is 1.94. The predicted octanol–water partition coefficient (Wildman–Crippen LogP) is 1.15. The van der Waals surface area contributed by atoms with Gasteiger partial charge in [0.2, 0.25) is 0 Å². The average Bonchev–Trinajstić information content (AvgIpc) is 2.04. The summed E-state index contributed by atoms with van der Waals surface area (Å²) in [6.45, 7) is 0.587. The molecule has 0 aromatic carbocycles. The van der Waals surface area contributed by atoms with E-state index in [0.717, 1.165) is 19.3 Å². The summed E-state index contributed by atoms with van der Waals surface area (Å²) in [4.78, 5) is 11.9. The molecule has 60 valence electrons. The molecule has 0 aromatic heterocycles. The highest BCUT2D eigenvalue weighted by Crippen LogP contribution is 2.15. The molecule has 1 amide bonds. The molecule has 0 saturated carbocycles. The average molecular weight is 153 g/mol. The molecule has 11 heavy (non-hydrogen) atoms. The van der Waals surface area contributed by atoms with Crippen molar-refractivity contribution in [2.75, 3.05) is 6.54 Å². The number of hydrogen-bond acceptors (Lipinski definition) is 1. The molecular formula is C8H11NO2. The largest absolute Gasteiger partial charge is 0.465 e. The van der Waals surface area contributed by atoms with Crippen LogP contribution in [0.1, 0.15) is 19.3 Å². The predicted molar refractivity (Wildman–Crippen MR) is 41.2 cm³/mol. The molecule has 0 bridgehead atoms. The molecule has 0 radical (unpaired) electrons. The lowest BCUT2D eigenvalue weighted by Crippen LogP contribution is -2.41. The molecule has 1 aliphatic rings. The summed E-state index contributed by atoms with van der Waals surface area (Å²) in [6, 6.07) is -0.193. The molecule has 1 fully saturated rings. The number of terminal acetylenes is 1. The van der Waals surface area contributed by atoms with Gasteiger partial charge in [-0.1, -0.05) is 5.92 Å². The van der Waals surface area contributed by atoms with Crippen LogP contribution in [0.4, 0.5) is 4.79 Å². The number of nitrogens with zero attached hydrogens (tertiary/aromatic N) is 1. The van der Waals surface area contributed by atoms with E-state index in [2.05, 4.69) is 5.92 Å². The Kier molecular flexibility index (Phi) is 2.37. The van der Waals surface area contributed by atoms with Gasteiger partial charge in [-0.05, 0) is 19.3 Å². The van der Waals surface area contributed by atoms with Gasteiger partial charge in [0.05, 0.1) is 6.04 Å². The maximum atomic E-state index is 10.6. The van der Waals surface area contributed by atoms with Gasteiger partial charge in [-0.3, -0.25) is 4.90 Å². The topological polar surface area (TPSA) is 40.5 Å². The number of hydrogen-bond donors (Lipinski definition) is 1. The standard InChI is InChI=1S/C8H11NO2/c1-2-7-5-3-4-6-9(7)8(10)11/h1,7H,3-6H2,(H,10,11)/t7-/m1/s1. The van der Waals surface area contributed by atoms with E-state index in [-0.39, 0.29) is 6.04 Å². The Morgan fingerprint density at radius 1 is 1.64 bits per heavy atom. The van der Waals surface area contributed by atoms with Gasteiger partial charge in [0.25, 0.3) is 0 Å². The second-order valence-corrected chi connectivity index (χ2v) is 2.65. The fourth-order valence-corrected chi connectivity index (χ4v) is 1.33. The van der Waals surface area contributed by atoms with Crippen molar-refractivity contribution in [2.45, 2.75) is 25.3 Å². The fraction of sp³-hybridized carbons (Fsp3) is 0.625. The van der Waals surface area contributed by atoms with Gasteiger partial charge in [0.1, 0.15) is 0 Å². The van der Waals surface area contributed by atoms with Crippen LogP contribution in [0.15, 0.2) is 0 Å². The first-order valence-corrected chi connectivity index (χ1v) is 3.71. The summed E-state index contributed by atoms with van der Waals surface area (Å²) in [7, 11) is 0.